The smallest absolute Gasteiger partial charge is 0.335 e. The molecule has 0 aromatic heterocycles. The molecule has 0 amide bonds. The molecule has 0 unspecified atom stereocenters. The van der Waals surface area contributed by atoms with E-state index < -0.39 is 5.97 Å². The minimum Gasteiger partial charge on any atom is -0.508 e. The maximum absolute atomic E-state index is 11.7. The first-order valence-corrected chi connectivity index (χ1v) is 8.98. The van der Waals surface area contributed by atoms with Crippen LogP contribution in [-0.4, -0.2) is 16.2 Å². The maximum atomic E-state index is 11.7. The number of hydrogen-bond acceptors (Lipinski definition) is 4. The molecule has 1 aliphatic carbocycles. The molecule has 0 spiro atoms. The summed E-state index contributed by atoms with van der Waals surface area (Å²) >= 11 is 0. The lowest BCUT2D eigenvalue weighted by molar-refractivity contribution is 0.0697. The Hall–Kier alpha value is -3.60. The van der Waals surface area contributed by atoms with Crippen molar-refractivity contribution in [3.63, 3.8) is 0 Å². The van der Waals surface area contributed by atoms with Crippen LogP contribution in [0.2, 0.25) is 0 Å². The first-order chi connectivity index (χ1) is 13.4. The van der Waals surface area contributed by atoms with Gasteiger partial charge in [0.1, 0.15) is 17.1 Å². The molecule has 142 valence electrons. The van der Waals surface area contributed by atoms with Gasteiger partial charge < -0.3 is 14.6 Å². The van der Waals surface area contributed by atoms with Crippen LogP contribution in [0.1, 0.15) is 29.8 Å². The van der Waals surface area contributed by atoms with Crippen LogP contribution in [-0.2, 0) is 0 Å². The Morgan fingerprint density at radius 1 is 0.929 bits per heavy atom. The van der Waals surface area contributed by atoms with E-state index in [0.717, 1.165) is 27.6 Å². The topological polar surface area (TPSA) is 87.7 Å². The molecule has 2 aromatic carbocycles. The van der Waals surface area contributed by atoms with Gasteiger partial charge in [-0.25, -0.2) is 4.79 Å². The first kappa shape index (κ1) is 19.2. The Balaban J connectivity index is 0.00000109. The molecule has 1 heterocycles. The molecule has 0 bridgehead atoms. The third-order valence-corrected chi connectivity index (χ3v) is 4.42. The van der Waals surface area contributed by atoms with E-state index in [1.165, 1.54) is 18.2 Å². The Morgan fingerprint density at radius 3 is 2.32 bits per heavy atom. The van der Waals surface area contributed by atoms with E-state index in [-0.39, 0.29) is 16.7 Å². The lowest BCUT2D eigenvalue weighted by Gasteiger charge is -2.17. The predicted octanol–water partition coefficient (Wildman–Crippen LogP) is 5.30. The monoisotopic (exact) mass is 376 g/mol. The lowest BCUT2D eigenvalue weighted by Crippen LogP contribution is -2.01. The fourth-order valence-corrected chi connectivity index (χ4v) is 3.23. The van der Waals surface area contributed by atoms with E-state index in [9.17, 15) is 19.8 Å². The third kappa shape index (κ3) is 3.34. The molecule has 5 nitrogen and oxygen atoms in total. The van der Waals surface area contributed by atoms with E-state index in [1.807, 2.05) is 20.8 Å². The molecule has 4 rings (SSSR count). The fraction of sp³-hybridized carbons (Fsp3) is 0.130. The molecule has 2 aromatic rings. The number of carbonyl (C=O) groups is 1. The molecular formula is C23H20O5. The number of rotatable bonds is 2. The van der Waals surface area contributed by atoms with Crippen LogP contribution in [0, 0.1) is 6.92 Å². The van der Waals surface area contributed by atoms with E-state index in [2.05, 4.69) is 0 Å². The van der Waals surface area contributed by atoms with Gasteiger partial charge in [-0.15, -0.1) is 0 Å². The van der Waals surface area contributed by atoms with Gasteiger partial charge in [-0.3, -0.25) is 4.79 Å². The summed E-state index contributed by atoms with van der Waals surface area (Å²) in [6, 6.07) is 14.3. The molecule has 28 heavy (non-hydrogen) atoms. The van der Waals surface area contributed by atoms with Gasteiger partial charge in [0.05, 0.1) is 5.56 Å². The first-order valence-electron chi connectivity index (χ1n) is 8.98. The van der Waals surface area contributed by atoms with Crippen molar-refractivity contribution >= 4 is 16.9 Å². The molecule has 0 atom stereocenters. The highest BCUT2D eigenvalue weighted by molar-refractivity contribution is 6.03. The summed E-state index contributed by atoms with van der Waals surface area (Å²) in [5, 5.41) is 19.7. The van der Waals surface area contributed by atoms with Crippen molar-refractivity contribution in [3.8, 4) is 28.2 Å². The Labute approximate surface area is 161 Å². The van der Waals surface area contributed by atoms with Crippen molar-refractivity contribution < 1.29 is 19.4 Å². The number of benzene rings is 3. The van der Waals surface area contributed by atoms with Crippen LogP contribution in [0.3, 0.4) is 0 Å². The number of carboxylic acids is 1. The van der Waals surface area contributed by atoms with E-state index in [0.29, 0.717) is 11.3 Å². The number of phenols is 1. The van der Waals surface area contributed by atoms with E-state index >= 15 is 0 Å². The molecule has 0 saturated heterocycles. The van der Waals surface area contributed by atoms with Crippen LogP contribution in [0.4, 0.5) is 0 Å². The van der Waals surface area contributed by atoms with Crippen LogP contribution < -0.4 is 5.43 Å². The van der Waals surface area contributed by atoms with Crippen LogP contribution in [0.25, 0.3) is 33.4 Å². The zero-order valence-corrected chi connectivity index (χ0v) is 15.8. The standard InChI is InChI=1S/C21H14O5.C2H6/c1-11-8-12(21(24)25)2-5-15(11)20-16-6-3-13(22)9-18(16)26-19-10-14(23)4-7-17(19)20;1-2/h2-10,22H,1H3,(H,24,25);1-2H3. The van der Waals surface area contributed by atoms with Gasteiger partial charge in [-0.2, -0.15) is 0 Å². The Bertz CT molecular complexity index is 1200. The number of aromatic hydroxyl groups is 1. The minimum absolute atomic E-state index is 0.0581. The van der Waals surface area contributed by atoms with Crippen molar-refractivity contribution in [1.29, 1.82) is 0 Å². The number of aromatic carboxylic acids is 1. The summed E-state index contributed by atoms with van der Waals surface area (Å²) in [6.45, 7) is 5.84. The highest BCUT2D eigenvalue weighted by Gasteiger charge is 2.19. The van der Waals surface area contributed by atoms with Crippen molar-refractivity contribution in [2.75, 3.05) is 0 Å². The SMILES string of the molecule is CC.Cc1cc(C(=O)O)ccc1-c1c2ccc(=O)cc-2oc2cc(O)ccc12. The van der Waals surface area contributed by atoms with Crippen molar-refractivity contribution in [1.82, 2.24) is 0 Å². The van der Waals surface area contributed by atoms with Crippen LogP contribution in [0.5, 0.6) is 5.75 Å². The van der Waals surface area contributed by atoms with Gasteiger partial charge in [0.2, 0.25) is 0 Å². The van der Waals surface area contributed by atoms with Gasteiger partial charge in [0, 0.05) is 28.6 Å². The normalized spacial score (nSPS) is 10.5. The molecule has 0 fully saturated rings. The van der Waals surface area contributed by atoms with Crippen molar-refractivity contribution in [3.05, 3.63) is 75.9 Å². The average Bonchev–Trinajstić information content (AvgIpc) is 2.67. The number of hydrogen-bond donors (Lipinski definition) is 2. The second-order valence-electron chi connectivity index (χ2n) is 6.15. The number of phenolic OH excluding ortho intramolecular Hbond substituents is 1. The van der Waals surface area contributed by atoms with Gasteiger partial charge in [-0.1, -0.05) is 19.9 Å². The number of aryl methyl sites for hydroxylation is 1. The molecule has 5 heteroatoms. The molecule has 0 radical (unpaired) electrons. The van der Waals surface area contributed by atoms with Crippen LogP contribution >= 0.6 is 0 Å². The highest BCUT2D eigenvalue weighted by atomic mass is 16.4. The number of carboxylic acid groups (broad SMARTS) is 1. The maximum Gasteiger partial charge on any atom is 0.335 e. The molecular weight excluding hydrogens is 356 g/mol. The van der Waals surface area contributed by atoms with Crippen molar-refractivity contribution in [2.24, 2.45) is 0 Å². The minimum atomic E-state index is -0.988. The summed E-state index contributed by atoms with van der Waals surface area (Å²) < 4.78 is 5.82. The second-order valence-corrected chi connectivity index (χ2v) is 6.15. The van der Waals surface area contributed by atoms with Crippen LogP contribution in [0.15, 0.2) is 63.8 Å². The molecule has 1 aliphatic heterocycles. The Kier molecular flexibility index (Phi) is 5.18. The molecule has 2 N–H and O–H groups in total. The fourth-order valence-electron chi connectivity index (χ4n) is 3.23. The molecule has 2 aliphatic rings. The summed E-state index contributed by atoms with van der Waals surface area (Å²) in [6.07, 6.45) is 0. The zero-order chi connectivity index (χ0) is 20.4. The van der Waals surface area contributed by atoms with Gasteiger partial charge >= 0.3 is 5.97 Å². The summed E-state index contributed by atoms with van der Waals surface area (Å²) in [7, 11) is 0. The Morgan fingerprint density at radius 2 is 1.64 bits per heavy atom. The van der Waals surface area contributed by atoms with E-state index in [1.54, 1.807) is 36.4 Å². The summed E-state index contributed by atoms with van der Waals surface area (Å²) in [4.78, 5) is 23.0. The number of fused-ring (bicyclic) bond motifs is 2. The highest BCUT2D eigenvalue weighted by Crippen LogP contribution is 2.41. The largest absolute Gasteiger partial charge is 0.508 e. The van der Waals surface area contributed by atoms with Gasteiger partial charge in [0.25, 0.3) is 0 Å². The average molecular weight is 376 g/mol. The van der Waals surface area contributed by atoms with Gasteiger partial charge in [-0.05, 0) is 54.4 Å². The van der Waals surface area contributed by atoms with Crippen molar-refractivity contribution in [2.45, 2.75) is 20.8 Å². The summed E-state index contributed by atoms with van der Waals surface area (Å²) in [5.41, 5.74) is 3.68. The predicted molar refractivity (Wildman–Crippen MR) is 109 cm³/mol. The second kappa shape index (κ2) is 7.56. The summed E-state index contributed by atoms with van der Waals surface area (Å²) in [5.74, 6) is -0.520. The zero-order valence-electron chi connectivity index (χ0n) is 15.8. The molecule has 0 saturated carbocycles. The van der Waals surface area contributed by atoms with Gasteiger partial charge in [0.15, 0.2) is 5.43 Å². The lowest BCUT2D eigenvalue weighted by atomic mass is 9.90. The van der Waals surface area contributed by atoms with E-state index in [4.69, 9.17) is 4.42 Å². The quantitative estimate of drug-likeness (QED) is 0.463. The third-order valence-electron chi connectivity index (χ3n) is 4.42.